The Morgan fingerprint density at radius 3 is 2.80 bits per heavy atom. The van der Waals surface area contributed by atoms with Crippen molar-refractivity contribution in [3.05, 3.63) is 49.8 Å². The minimum absolute atomic E-state index is 0.219. The van der Waals surface area contributed by atoms with E-state index in [1.165, 1.54) is 6.07 Å². The van der Waals surface area contributed by atoms with Gasteiger partial charge in [0.1, 0.15) is 0 Å². The van der Waals surface area contributed by atoms with Crippen LogP contribution in [0.2, 0.25) is 5.02 Å². The van der Waals surface area contributed by atoms with Gasteiger partial charge in [-0.05, 0) is 12.1 Å². The number of benzene rings is 1. The number of aromatic amines is 1. The van der Waals surface area contributed by atoms with Gasteiger partial charge < -0.3 is 4.98 Å². The molecule has 0 aliphatic carbocycles. The number of para-hydroxylation sites is 1. The summed E-state index contributed by atoms with van der Waals surface area (Å²) >= 11 is 5.82. The van der Waals surface area contributed by atoms with Crippen molar-refractivity contribution >= 4 is 28.2 Å². The number of aromatic nitrogens is 1. The van der Waals surface area contributed by atoms with Crippen LogP contribution in [0.5, 0.6) is 0 Å². The van der Waals surface area contributed by atoms with Gasteiger partial charge in [-0.2, -0.15) is 0 Å². The van der Waals surface area contributed by atoms with Crippen molar-refractivity contribution in [2.75, 3.05) is 0 Å². The molecule has 0 saturated heterocycles. The van der Waals surface area contributed by atoms with E-state index in [-0.39, 0.29) is 5.39 Å². The molecule has 5 nitrogen and oxygen atoms in total. The molecule has 2 rings (SSSR count). The molecule has 0 aliphatic rings. The van der Waals surface area contributed by atoms with Gasteiger partial charge >= 0.3 is 5.69 Å². The van der Waals surface area contributed by atoms with Crippen molar-refractivity contribution in [2.24, 2.45) is 0 Å². The molecule has 1 aromatic carbocycles. The first kappa shape index (κ1) is 9.67. The predicted octanol–water partition coefficient (Wildman–Crippen LogP) is 2.09. The highest BCUT2D eigenvalue weighted by atomic mass is 35.5. The van der Waals surface area contributed by atoms with Gasteiger partial charge in [0, 0.05) is 0 Å². The average Bonchev–Trinajstić information content (AvgIpc) is 2.19. The van der Waals surface area contributed by atoms with Crippen molar-refractivity contribution in [2.45, 2.75) is 0 Å². The van der Waals surface area contributed by atoms with Crippen LogP contribution in [-0.2, 0) is 0 Å². The maximum Gasteiger partial charge on any atom is 0.332 e. The number of halogens is 1. The summed E-state index contributed by atoms with van der Waals surface area (Å²) in [6.07, 6.45) is 1.05. The summed E-state index contributed by atoms with van der Waals surface area (Å²) in [6.45, 7) is 0. The molecule has 1 heterocycles. The van der Waals surface area contributed by atoms with Crippen molar-refractivity contribution in [1.82, 2.24) is 4.98 Å². The standard InChI is InChI=1S/C9H5ClN2O3/c10-6-3-1-2-5-8(6)11-4-7(9(5)13)12(14)15/h1-4H,(H,11,13). The Kier molecular flexibility index (Phi) is 2.17. The Balaban J connectivity index is 2.92. The second-order valence-corrected chi connectivity index (χ2v) is 3.33. The zero-order valence-electron chi connectivity index (χ0n) is 7.36. The lowest BCUT2D eigenvalue weighted by atomic mass is 10.2. The first-order valence-electron chi connectivity index (χ1n) is 4.05. The van der Waals surface area contributed by atoms with Crippen LogP contribution in [0.15, 0.2) is 29.2 Å². The van der Waals surface area contributed by atoms with Crippen LogP contribution in [0.25, 0.3) is 10.9 Å². The van der Waals surface area contributed by atoms with Crippen LogP contribution < -0.4 is 5.43 Å². The fraction of sp³-hybridized carbons (Fsp3) is 0. The summed E-state index contributed by atoms with van der Waals surface area (Å²) < 4.78 is 0. The highest BCUT2D eigenvalue weighted by molar-refractivity contribution is 6.35. The van der Waals surface area contributed by atoms with E-state index < -0.39 is 16.0 Å². The smallest absolute Gasteiger partial charge is 0.332 e. The molecule has 0 saturated carbocycles. The van der Waals surface area contributed by atoms with E-state index in [4.69, 9.17) is 11.6 Å². The number of fused-ring (bicyclic) bond motifs is 1. The van der Waals surface area contributed by atoms with E-state index >= 15 is 0 Å². The highest BCUT2D eigenvalue weighted by Crippen LogP contribution is 2.19. The molecule has 0 aliphatic heterocycles. The van der Waals surface area contributed by atoms with E-state index in [0.29, 0.717) is 10.5 Å². The summed E-state index contributed by atoms with van der Waals surface area (Å²) in [4.78, 5) is 24.0. The van der Waals surface area contributed by atoms with Crippen LogP contribution in [0.1, 0.15) is 0 Å². The lowest BCUT2D eigenvalue weighted by Gasteiger charge is -1.98. The first-order chi connectivity index (χ1) is 7.11. The SMILES string of the molecule is O=c1c([N+](=O)[O-])c[nH]c2c(Cl)cccc12. The summed E-state index contributed by atoms with van der Waals surface area (Å²) in [6, 6.07) is 4.67. The van der Waals surface area contributed by atoms with Crippen molar-refractivity contribution in [3.63, 3.8) is 0 Å². The molecular weight excluding hydrogens is 220 g/mol. The molecule has 15 heavy (non-hydrogen) atoms. The molecule has 0 radical (unpaired) electrons. The van der Waals surface area contributed by atoms with Crippen molar-refractivity contribution in [1.29, 1.82) is 0 Å². The van der Waals surface area contributed by atoms with Gasteiger partial charge in [-0.1, -0.05) is 17.7 Å². The third-order valence-corrected chi connectivity index (χ3v) is 2.36. The first-order valence-corrected chi connectivity index (χ1v) is 4.43. The third-order valence-electron chi connectivity index (χ3n) is 2.04. The molecule has 0 fully saturated rings. The van der Waals surface area contributed by atoms with Crippen molar-refractivity contribution in [3.8, 4) is 0 Å². The molecule has 2 aromatic rings. The summed E-state index contributed by atoms with van der Waals surface area (Å²) in [5.41, 5.74) is -0.698. The fourth-order valence-electron chi connectivity index (χ4n) is 1.34. The second kappa shape index (κ2) is 3.36. The maximum absolute atomic E-state index is 11.6. The van der Waals surface area contributed by atoms with E-state index in [2.05, 4.69) is 4.98 Å². The van der Waals surface area contributed by atoms with Crippen LogP contribution >= 0.6 is 11.6 Å². The van der Waals surface area contributed by atoms with Crippen molar-refractivity contribution < 1.29 is 4.92 Å². The normalized spacial score (nSPS) is 10.5. The average molecular weight is 225 g/mol. The maximum atomic E-state index is 11.6. The number of H-pyrrole nitrogens is 1. The van der Waals surface area contributed by atoms with Gasteiger partial charge in [0.05, 0.1) is 27.0 Å². The molecule has 0 spiro atoms. The van der Waals surface area contributed by atoms with E-state index in [0.717, 1.165) is 6.20 Å². The minimum Gasteiger partial charge on any atom is -0.354 e. The Bertz CT molecular complexity index is 606. The third kappa shape index (κ3) is 1.46. The minimum atomic E-state index is -0.723. The molecule has 76 valence electrons. The number of rotatable bonds is 1. The van der Waals surface area contributed by atoms with Gasteiger partial charge in [-0.15, -0.1) is 0 Å². The zero-order chi connectivity index (χ0) is 11.0. The molecule has 1 N–H and O–H groups in total. The molecule has 0 bridgehead atoms. The largest absolute Gasteiger partial charge is 0.354 e. The van der Waals surface area contributed by atoms with Gasteiger partial charge in [0.15, 0.2) is 0 Å². The molecule has 0 amide bonds. The molecule has 1 aromatic heterocycles. The lowest BCUT2D eigenvalue weighted by molar-refractivity contribution is -0.386. The monoisotopic (exact) mass is 224 g/mol. The van der Waals surface area contributed by atoms with E-state index in [1.807, 2.05) is 0 Å². The molecule has 0 atom stereocenters. The Morgan fingerprint density at radius 1 is 1.40 bits per heavy atom. The van der Waals surface area contributed by atoms with E-state index in [9.17, 15) is 14.9 Å². The van der Waals surface area contributed by atoms with Crippen LogP contribution in [0.3, 0.4) is 0 Å². The topological polar surface area (TPSA) is 76.0 Å². The van der Waals surface area contributed by atoms with Gasteiger partial charge in [-0.25, -0.2) is 0 Å². The Labute approximate surface area is 88.5 Å². The van der Waals surface area contributed by atoms with Gasteiger partial charge in [-0.3, -0.25) is 14.9 Å². The number of nitro groups is 1. The number of hydrogen-bond acceptors (Lipinski definition) is 3. The van der Waals surface area contributed by atoms with Crippen LogP contribution in [-0.4, -0.2) is 9.91 Å². The van der Waals surface area contributed by atoms with Gasteiger partial charge in [0.25, 0.3) is 5.43 Å². The van der Waals surface area contributed by atoms with Gasteiger partial charge in [0.2, 0.25) is 0 Å². The quantitative estimate of drug-likeness (QED) is 0.595. The summed E-state index contributed by atoms with van der Waals surface area (Å²) in [5.74, 6) is 0. The molecule has 0 unspecified atom stereocenters. The molecule has 6 heteroatoms. The number of nitrogens with one attached hydrogen (secondary N) is 1. The predicted molar refractivity (Wildman–Crippen MR) is 56.2 cm³/mol. The second-order valence-electron chi connectivity index (χ2n) is 2.92. The molecular formula is C9H5ClN2O3. The highest BCUT2D eigenvalue weighted by Gasteiger charge is 2.15. The van der Waals surface area contributed by atoms with Crippen LogP contribution in [0, 0.1) is 10.1 Å². The Morgan fingerprint density at radius 2 is 2.13 bits per heavy atom. The summed E-state index contributed by atoms with van der Waals surface area (Å²) in [7, 11) is 0. The Hall–Kier alpha value is -1.88. The fourth-order valence-corrected chi connectivity index (χ4v) is 1.57. The lowest BCUT2D eigenvalue weighted by Crippen LogP contribution is -2.09. The van der Waals surface area contributed by atoms with E-state index in [1.54, 1.807) is 12.1 Å². The number of pyridine rings is 1. The number of nitrogens with zero attached hydrogens (tertiary/aromatic N) is 1. The summed E-state index contributed by atoms with van der Waals surface area (Å²) in [5, 5.41) is 11.1. The zero-order valence-corrected chi connectivity index (χ0v) is 8.12. The number of hydrogen-bond donors (Lipinski definition) is 1. The van der Waals surface area contributed by atoms with Crippen LogP contribution in [0.4, 0.5) is 5.69 Å².